The van der Waals surface area contributed by atoms with Crippen LogP contribution < -0.4 is 15.0 Å². The summed E-state index contributed by atoms with van der Waals surface area (Å²) in [5, 5.41) is 3.14. The SMILES string of the molecule is CC(C)(C)OC(=O)N1C(=O)[C@]2(CCNC2)Oc2ncc(-c3ccccc3)cc21. The zero-order chi connectivity index (χ0) is 19.9. The molecule has 2 aromatic rings. The van der Waals surface area contributed by atoms with Crippen molar-refractivity contribution in [2.45, 2.75) is 38.4 Å². The van der Waals surface area contributed by atoms with Gasteiger partial charge in [-0.1, -0.05) is 30.3 Å². The molecule has 1 aromatic carbocycles. The molecule has 2 aliphatic rings. The minimum atomic E-state index is -1.13. The van der Waals surface area contributed by atoms with Crippen LogP contribution in [0, 0.1) is 0 Å². The monoisotopic (exact) mass is 381 g/mol. The van der Waals surface area contributed by atoms with Crippen LogP contribution in [0.3, 0.4) is 0 Å². The molecule has 28 heavy (non-hydrogen) atoms. The Morgan fingerprint density at radius 1 is 1.25 bits per heavy atom. The molecule has 146 valence electrons. The fourth-order valence-electron chi connectivity index (χ4n) is 3.44. The maximum atomic E-state index is 13.3. The third-order valence-electron chi connectivity index (χ3n) is 4.76. The summed E-state index contributed by atoms with van der Waals surface area (Å²) in [5.74, 6) is -0.167. The molecule has 0 aliphatic carbocycles. The summed E-state index contributed by atoms with van der Waals surface area (Å²) in [6.07, 6.45) is 1.43. The molecular formula is C21H23N3O4. The third-order valence-corrected chi connectivity index (χ3v) is 4.76. The Balaban J connectivity index is 1.81. The number of carbonyl (C=O) groups is 2. The number of nitrogens with zero attached hydrogens (tertiary/aromatic N) is 2. The van der Waals surface area contributed by atoms with Crippen molar-refractivity contribution >= 4 is 17.7 Å². The van der Waals surface area contributed by atoms with E-state index < -0.39 is 23.2 Å². The minimum absolute atomic E-state index is 0.258. The highest BCUT2D eigenvalue weighted by molar-refractivity contribution is 6.18. The van der Waals surface area contributed by atoms with Gasteiger partial charge in [-0.3, -0.25) is 4.79 Å². The van der Waals surface area contributed by atoms with Crippen LogP contribution in [0.25, 0.3) is 11.1 Å². The van der Waals surface area contributed by atoms with Gasteiger partial charge in [-0.2, -0.15) is 0 Å². The van der Waals surface area contributed by atoms with Crippen molar-refractivity contribution in [2.24, 2.45) is 0 Å². The lowest BCUT2D eigenvalue weighted by Crippen LogP contribution is -2.59. The number of hydrogen-bond acceptors (Lipinski definition) is 6. The smallest absolute Gasteiger partial charge is 0.422 e. The van der Waals surface area contributed by atoms with E-state index in [0.717, 1.165) is 16.0 Å². The Morgan fingerprint density at radius 2 is 2.00 bits per heavy atom. The topological polar surface area (TPSA) is 80.8 Å². The van der Waals surface area contributed by atoms with Crippen molar-refractivity contribution in [1.82, 2.24) is 10.3 Å². The highest BCUT2D eigenvalue weighted by Crippen LogP contribution is 2.41. The molecule has 1 atom stereocenters. The largest absolute Gasteiger partial charge is 0.458 e. The van der Waals surface area contributed by atoms with Gasteiger partial charge in [0.25, 0.3) is 5.91 Å². The molecule has 0 saturated carbocycles. The average Bonchev–Trinajstić information content (AvgIpc) is 3.11. The standard InChI is InChI=1S/C21H23N3O4/c1-20(2,3)28-19(26)24-16-11-15(14-7-5-4-6-8-14)12-23-17(16)27-21(18(24)25)9-10-22-13-21/h4-8,11-12,22H,9-10,13H2,1-3H3/t21-/m1/s1. The van der Waals surface area contributed by atoms with Gasteiger partial charge in [0.05, 0.1) is 0 Å². The highest BCUT2D eigenvalue weighted by atomic mass is 16.6. The lowest BCUT2D eigenvalue weighted by molar-refractivity contribution is -0.133. The molecule has 1 saturated heterocycles. The number of anilines is 1. The van der Waals surface area contributed by atoms with Gasteiger partial charge in [0.1, 0.15) is 11.3 Å². The van der Waals surface area contributed by atoms with Gasteiger partial charge in [-0.05, 0) is 38.9 Å². The van der Waals surface area contributed by atoms with E-state index in [1.165, 1.54) is 0 Å². The van der Waals surface area contributed by atoms with Crippen LogP contribution >= 0.6 is 0 Å². The number of aromatic nitrogens is 1. The number of fused-ring (bicyclic) bond motifs is 1. The number of pyridine rings is 1. The van der Waals surface area contributed by atoms with Gasteiger partial charge in [0, 0.05) is 24.7 Å². The number of ether oxygens (including phenoxy) is 2. The van der Waals surface area contributed by atoms with E-state index in [-0.39, 0.29) is 5.88 Å². The van der Waals surface area contributed by atoms with Crippen LogP contribution in [0.4, 0.5) is 10.5 Å². The fraction of sp³-hybridized carbons (Fsp3) is 0.381. The minimum Gasteiger partial charge on any atom is -0.458 e. The molecule has 1 fully saturated rings. The van der Waals surface area contributed by atoms with E-state index in [1.54, 1.807) is 33.0 Å². The molecule has 0 bridgehead atoms. The van der Waals surface area contributed by atoms with Crippen LogP contribution in [0.5, 0.6) is 5.88 Å². The van der Waals surface area contributed by atoms with Crippen molar-refractivity contribution in [3.63, 3.8) is 0 Å². The molecule has 1 spiro atoms. The molecule has 2 amide bonds. The molecule has 2 aliphatic heterocycles. The number of rotatable bonds is 1. The zero-order valence-electron chi connectivity index (χ0n) is 16.2. The van der Waals surface area contributed by atoms with Crippen LogP contribution in [-0.2, 0) is 9.53 Å². The summed E-state index contributed by atoms with van der Waals surface area (Å²) >= 11 is 0. The summed E-state index contributed by atoms with van der Waals surface area (Å²) < 4.78 is 11.5. The summed E-state index contributed by atoms with van der Waals surface area (Å²) in [5.41, 5.74) is 0.146. The lowest BCUT2D eigenvalue weighted by Gasteiger charge is -2.38. The predicted molar refractivity (Wildman–Crippen MR) is 104 cm³/mol. The van der Waals surface area contributed by atoms with Gasteiger partial charge < -0.3 is 14.8 Å². The number of carbonyl (C=O) groups excluding carboxylic acids is 2. The molecule has 1 N–H and O–H groups in total. The predicted octanol–water partition coefficient (Wildman–Crippen LogP) is 3.14. The van der Waals surface area contributed by atoms with Gasteiger partial charge in [0.15, 0.2) is 0 Å². The van der Waals surface area contributed by atoms with Gasteiger partial charge in [0.2, 0.25) is 11.5 Å². The number of benzene rings is 1. The van der Waals surface area contributed by atoms with Crippen LogP contribution in [-0.4, -0.2) is 41.3 Å². The normalized spacial score (nSPS) is 21.4. The van der Waals surface area contributed by atoms with Gasteiger partial charge >= 0.3 is 6.09 Å². The van der Waals surface area contributed by atoms with Crippen LogP contribution in [0.15, 0.2) is 42.6 Å². The molecule has 3 heterocycles. The van der Waals surface area contributed by atoms with Crippen LogP contribution in [0.1, 0.15) is 27.2 Å². The van der Waals surface area contributed by atoms with E-state index in [4.69, 9.17) is 9.47 Å². The molecular weight excluding hydrogens is 358 g/mol. The van der Waals surface area contributed by atoms with Crippen molar-refractivity contribution in [2.75, 3.05) is 18.0 Å². The van der Waals surface area contributed by atoms with E-state index in [2.05, 4.69) is 10.3 Å². The molecule has 0 unspecified atom stereocenters. The maximum absolute atomic E-state index is 13.3. The van der Waals surface area contributed by atoms with Gasteiger partial charge in [-0.15, -0.1) is 0 Å². The Morgan fingerprint density at radius 3 is 2.64 bits per heavy atom. The molecule has 4 rings (SSSR count). The first kappa shape index (κ1) is 18.4. The Bertz CT molecular complexity index is 915. The number of imide groups is 1. The van der Waals surface area contributed by atoms with E-state index in [9.17, 15) is 9.59 Å². The molecule has 1 aromatic heterocycles. The first-order valence-electron chi connectivity index (χ1n) is 9.32. The molecule has 7 nitrogen and oxygen atoms in total. The zero-order valence-corrected chi connectivity index (χ0v) is 16.2. The third kappa shape index (κ3) is 3.22. The molecule has 0 radical (unpaired) electrons. The number of hydrogen-bond donors (Lipinski definition) is 1. The fourth-order valence-corrected chi connectivity index (χ4v) is 3.44. The number of nitrogens with one attached hydrogen (secondary N) is 1. The molecule has 7 heteroatoms. The quantitative estimate of drug-likeness (QED) is 0.817. The summed E-state index contributed by atoms with van der Waals surface area (Å²) in [7, 11) is 0. The van der Waals surface area contributed by atoms with Crippen molar-refractivity contribution in [3.8, 4) is 17.0 Å². The Hall–Kier alpha value is -2.93. The first-order chi connectivity index (χ1) is 13.3. The van der Waals surface area contributed by atoms with Crippen LogP contribution in [0.2, 0.25) is 0 Å². The Kier molecular flexibility index (Phi) is 4.34. The summed E-state index contributed by atoms with van der Waals surface area (Å²) in [4.78, 5) is 31.8. The Labute approximate surface area is 163 Å². The highest BCUT2D eigenvalue weighted by Gasteiger charge is 2.53. The van der Waals surface area contributed by atoms with Crippen molar-refractivity contribution in [1.29, 1.82) is 0 Å². The average molecular weight is 381 g/mol. The van der Waals surface area contributed by atoms with E-state index >= 15 is 0 Å². The summed E-state index contributed by atoms with van der Waals surface area (Å²) in [6.45, 7) is 6.25. The number of amides is 2. The first-order valence-corrected chi connectivity index (χ1v) is 9.32. The second-order valence-corrected chi connectivity index (χ2v) is 8.06. The van der Waals surface area contributed by atoms with E-state index in [1.807, 2.05) is 30.3 Å². The van der Waals surface area contributed by atoms with E-state index in [0.29, 0.717) is 25.2 Å². The second-order valence-electron chi connectivity index (χ2n) is 8.06. The van der Waals surface area contributed by atoms with Gasteiger partial charge in [-0.25, -0.2) is 14.7 Å². The van der Waals surface area contributed by atoms with Crippen molar-refractivity contribution in [3.05, 3.63) is 42.6 Å². The van der Waals surface area contributed by atoms with Crippen molar-refractivity contribution < 1.29 is 19.1 Å². The summed E-state index contributed by atoms with van der Waals surface area (Å²) in [6, 6.07) is 11.4. The second kappa shape index (κ2) is 6.60. The lowest BCUT2D eigenvalue weighted by atomic mass is 9.98. The maximum Gasteiger partial charge on any atom is 0.422 e.